The standard InChI is InChI=1S/C18H15NO4/c1-10-8-11(2)15(12(3)9-10)18(22)23-19-16(20)13-6-4-5-7-14(13)17(19)21/h4-9H,1-3H3. The van der Waals surface area contributed by atoms with Crippen molar-refractivity contribution in [2.75, 3.05) is 0 Å². The molecule has 5 nitrogen and oxygen atoms in total. The normalized spacial score (nSPS) is 13.3. The average Bonchev–Trinajstić information content (AvgIpc) is 2.72. The summed E-state index contributed by atoms with van der Waals surface area (Å²) in [5.74, 6) is -1.96. The fraction of sp³-hybridized carbons (Fsp3) is 0.167. The van der Waals surface area contributed by atoms with Crippen LogP contribution in [-0.4, -0.2) is 22.8 Å². The number of rotatable bonds is 2. The highest BCUT2D eigenvalue weighted by molar-refractivity contribution is 6.21. The second-order valence-corrected chi connectivity index (χ2v) is 5.60. The van der Waals surface area contributed by atoms with E-state index in [9.17, 15) is 14.4 Å². The van der Waals surface area contributed by atoms with Crippen LogP contribution in [0.25, 0.3) is 0 Å². The first kappa shape index (κ1) is 15.0. The molecule has 2 aromatic carbocycles. The molecular formula is C18H15NO4. The van der Waals surface area contributed by atoms with Crippen molar-refractivity contribution >= 4 is 17.8 Å². The highest BCUT2D eigenvalue weighted by atomic mass is 16.7. The van der Waals surface area contributed by atoms with E-state index in [1.54, 1.807) is 26.0 Å². The molecule has 3 rings (SSSR count). The summed E-state index contributed by atoms with van der Waals surface area (Å²) < 4.78 is 0. The van der Waals surface area contributed by atoms with Crippen LogP contribution >= 0.6 is 0 Å². The predicted molar refractivity (Wildman–Crippen MR) is 83.0 cm³/mol. The number of amides is 2. The second-order valence-electron chi connectivity index (χ2n) is 5.60. The molecular weight excluding hydrogens is 294 g/mol. The van der Waals surface area contributed by atoms with Gasteiger partial charge in [0, 0.05) is 0 Å². The minimum atomic E-state index is -0.713. The Hall–Kier alpha value is -2.95. The lowest BCUT2D eigenvalue weighted by Crippen LogP contribution is -2.33. The van der Waals surface area contributed by atoms with Crippen molar-refractivity contribution in [3.63, 3.8) is 0 Å². The summed E-state index contributed by atoms with van der Waals surface area (Å²) >= 11 is 0. The maximum absolute atomic E-state index is 12.4. The van der Waals surface area contributed by atoms with Gasteiger partial charge in [-0.2, -0.15) is 0 Å². The minimum absolute atomic E-state index is 0.239. The van der Waals surface area contributed by atoms with Crippen LogP contribution in [0.2, 0.25) is 0 Å². The van der Waals surface area contributed by atoms with Crippen molar-refractivity contribution in [2.45, 2.75) is 20.8 Å². The van der Waals surface area contributed by atoms with Gasteiger partial charge in [0.05, 0.1) is 16.7 Å². The van der Waals surface area contributed by atoms with E-state index in [1.807, 2.05) is 19.1 Å². The Labute approximate surface area is 133 Å². The Morgan fingerprint density at radius 1 is 0.913 bits per heavy atom. The van der Waals surface area contributed by atoms with E-state index in [-0.39, 0.29) is 11.1 Å². The van der Waals surface area contributed by atoms with Gasteiger partial charge in [0.2, 0.25) is 0 Å². The molecule has 2 aromatic rings. The molecule has 0 saturated heterocycles. The quantitative estimate of drug-likeness (QED) is 0.800. The van der Waals surface area contributed by atoms with Crippen molar-refractivity contribution in [2.24, 2.45) is 0 Å². The van der Waals surface area contributed by atoms with Crippen LogP contribution in [0, 0.1) is 20.8 Å². The monoisotopic (exact) mass is 309 g/mol. The lowest BCUT2D eigenvalue weighted by molar-refractivity contribution is -0.0585. The zero-order valence-electron chi connectivity index (χ0n) is 13.0. The first-order valence-electron chi connectivity index (χ1n) is 7.18. The molecule has 0 fully saturated rings. The highest BCUT2D eigenvalue weighted by Crippen LogP contribution is 2.24. The highest BCUT2D eigenvalue weighted by Gasteiger charge is 2.39. The molecule has 0 aromatic heterocycles. The summed E-state index contributed by atoms with van der Waals surface area (Å²) in [6, 6.07) is 10.1. The van der Waals surface area contributed by atoms with Crippen LogP contribution in [0.4, 0.5) is 0 Å². The topological polar surface area (TPSA) is 63.7 Å². The van der Waals surface area contributed by atoms with E-state index in [0.29, 0.717) is 10.6 Å². The third-order valence-electron chi connectivity index (χ3n) is 3.81. The van der Waals surface area contributed by atoms with Gasteiger partial charge >= 0.3 is 5.97 Å². The second kappa shape index (κ2) is 5.35. The van der Waals surface area contributed by atoms with Crippen molar-refractivity contribution in [1.82, 2.24) is 5.06 Å². The Morgan fingerprint density at radius 3 is 1.87 bits per heavy atom. The van der Waals surface area contributed by atoms with E-state index < -0.39 is 17.8 Å². The van der Waals surface area contributed by atoms with Crippen LogP contribution in [0.3, 0.4) is 0 Å². The molecule has 23 heavy (non-hydrogen) atoms. The number of fused-ring (bicyclic) bond motifs is 1. The summed E-state index contributed by atoms with van der Waals surface area (Å²) in [5, 5.41) is 0.533. The largest absolute Gasteiger partial charge is 0.364 e. The summed E-state index contributed by atoms with van der Waals surface area (Å²) in [5.41, 5.74) is 3.35. The van der Waals surface area contributed by atoms with Gasteiger partial charge in [-0.05, 0) is 44.0 Å². The number of hydrogen-bond acceptors (Lipinski definition) is 4. The summed E-state index contributed by atoms with van der Waals surface area (Å²) in [6.07, 6.45) is 0. The van der Waals surface area contributed by atoms with Crippen molar-refractivity contribution in [1.29, 1.82) is 0 Å². The third kappa shape index (κ3) is 2.40. The lowest BCUT2D eigenvalue weighted by atomic mass is 10.0. The smallest absolute Gasteiger partial charge is 0.324 e. The van der Waals surface area contributed by atoms with Crippen LogP contribution in [-0.2, 0) is 4.84 Å². The summed E-state index contributed by atoms with van der Waals surface area (Å²) in [6.45, 7) is 5.51. The fourth-order valence-corrected chi connectivity index (χ4v) is 2.88. The molecule has 2 amide bonds. The average molecular weight is 309 g/mol. The van der Waals surface area contributed by atoms with E-state index in [4.69, 9.17) is 4.84 Å². The van der Waals surface area contributed by atoms with Gasteiger partial charge in [-0.1, -0.05) is 34.9 Å². The molecule has 0 aliphatic carbocycles. The molecule has 1 aliphatic rings. The Morgan fingerprint density at radius 2 is 1.39 bits per heavy atom. The van der Waals surface area contributed by atoms with Crippen molar-refractivity contribution in [3.05, 3.63) is 69.8 Å². The molecule has 0 N–H and O–H groups in total. The molecule has 1 aliphatic heterocycles. The molecule has 0 radical (unpaired) electrons. The Bertz CT molecular complexity index is 796. The van der Waals surface area contributed by atoms with E-state index in [0.717, 1.165) is 16.7 Å². The maximum Gasteiger partial charge on any atom is 0.364 e. The van der Waals surface area contributed by atoms with Crippen LogP contribution in [0.1, 0.15) is 47.8 Å². The van der Waals surface area contributed by atoms with Gasteiger partial charge in [0.15, 0.2) is 0 Å². The molecule has 0 spiro atoms. The molecule has 116 valence electrons. The number of benzene rings is 2. The van der Waals surface area contributed by atoms with Gasteiger partial charge in [-0.25, -0.2) is 4.79 Å². The van der Waals surface area contributed by atoms with Gasteiger partial charge in [0.1, 0.15) is 0 Å². The summed E-state index contributed by atoms with van der Waals surface area (Å²) in [4.78, 5) is 42.0. The first-order valence-corrected chi connectivity index (χ1v) is 7.18. The minimum Gasteiger partial charge on any atom is -0.324 e. The zero-order valence-corrected chi connectivity index (χ0v) is 13.0. The van der Waals surface area contributed by atoms with E-state index in [2.05, 4.69) is 0 Å². The van der Waals surface area contributed by atoms with Gasteiger partial charge < -0.3 is 4.84 Å². The number of carbonyl (C=O) groups excluding carboxylic acids is 3. The fourth-order valence-electron chi connectivity index (χ4n) is 2.88. The Balaban J connectivity index is 1.91. The predicted octanol–water partition coefficient (Wildman–Crippen LogP) is 2.98. The molecule has 0 saturated carbocycles. The molecule has 1 heterocycles. The zero-order chi connectivity index (χ0) is 16.7. The first-order chi connectivity index (χ1) is 10.9. The molecule has 0 atom stereocenters. The Kier molecular flexibility index (Phi) is 3.48. The molecule has 0 unspecified atom stereocenters. The van der Waals surface area contributed by atoms with Crippen molar-refractivity contribution in [3.8, 4) is 0 Å². The van der Waals surface area contributed by atoms with Crippen LogP contribution in [0.15, 0.2) is 36.4 Å². The summed E-state index contributed by atoms with van der Waals surface area (Å²) in [7, 11) is 0. The van der Waals surface area contributed by atoms with Gasteiger partial charge in [-0.15, -0.1) is 0 Å². The maximum atomic E-state index is 12.4. The van der Waals surface area contributed by atoms with Crippen molar-refractivity contribution < 1.29 is 19.2 Å². The van der Waals surface area contributed by atoms with E-state index in [1.165, 1.54) is 12.1 Å². The molecule has 0 bridgehead atoms. The van der Waals surface area contributed by atoms with Gasteiger partial charge in [0.25, 0.3) is 11.8 Å². The number of aryl methyl sites for hydroxylation is 3. The number of imide groups is 1. The number of carbonyl (C=O) groups is 3. The molecule has 5 heteroatoms. The lowest BCUT2D eigenvalue weighted by Gasteiger charge is -2.15. The SMILES string of the molecule is Cc1cc(C)c(C(=O)ON2C(=O)c3ccccc3C2=O)c(C)c1. The number of hydroxylamine groups is 2. The third-order valence-corrected chi connectivity index (χ3v) is 3.81. The van der Waals surface area contributed by atoms with E-state index >= 15 is 0 Å². The van der Waals surface area contributed by atoms with Crippen LogP contribution < -0.4 is 0 Å². The number of hydrogen-bond donors (Lipinski definition) is 0. The van der Waals surface area contributed by atoms with Gasteiger partial charge in [-0.3, -0.25) is 9.59 Å². The number of nitrogens with zero attached hydrogens (tertiary/aromatic N) is 1. The van der Waals surface area contributed by atoms with Crippen LogP contribution in [0.5, 0.6) is 0 Å².